The van der Waals surface area contributed by atoms with Crippen LogP contribution in [0.5, 0.6) is 11.5 Å². The van der Waals surface area contributed by atoms with Gasteiger partial charge in [-0.3, -0.25) is 0 Å². The van der Waals surface area contributed by atoms with Gasteiger partial charge in [0, 0.05) is 0 Å². The first-order valence-corrected chi connectivity index (χ1v) is 6.71. The molecule has 0 saturated heterocycles. The molecular formula is C15H22O4. The summed E-state index contributed by atoms with van der Waals surface area (Å²) in [6.07, 6.45) is 3.96. The molecule has 0 aliphatic carbocycles. The first-order valence-electron chi connectivity index (χ1n) is 6.71. The fourth-order valence-electron chi connectivity index (χ4n) is 1.81. The molecule has 1 N–H and O–H groups in total. The molecule has 4 heteroatoms. The lowest BCUT2D eigenvalue weighted by Gasteiger charge is -2.15. The molecule has 1 atom stereocenters. The number of carboxylic acid groups (broad SMARTS) is 1. The Bertz CT molecular complexity index is 372. The molecule has 0 radical (unpaired) electrons. The molecule has 1 rings (SSSR count). The summed E-state index contributed by atoms with van der Waals surface area (Å²) in [6.45, 7) is 2.13. The molecular weight excluding hydrogens is 244 g/mol. The van der Waals surface area contributed by atoms with Gasteiger partial charge in [0.05, 0.1) is 7.11 Å². The van der Waals surface area contributed by atoms with Gasteiger partial charge in [0.25, 0.3) is 0 Å². The van der Waals surface area contributed by atoms with Gasteiger partial charge in [0.2, 0.25) is 0 Å². The van der Waals surface area contributed by atoms with Crippen LogP contribution in [-0.4, -0.2) is 24.3 Å². The molecule has 0 fully saturated rings. The number of hydrogen-bond acceptors (Lipinski definition) is 3. The van der Waals surface area contributed by atoms with Crippen LogP contribution in [0.2, 0.25) is 0 Å². The van der Waals surface area contributed by atoms with Gasteiger partial charge >= 0.3 is 5.97 Å². The fourth-order valence-corrected chi connectivity index (χ4v) is 1.81. The average Bonchev–Trinajstić information content (AvgIpc) is 2.42. The topological polar surface area (TPSA) is 55.8 Å². The number of unbranched alkanes of at least 4 members (excludes halogenated alkanes) is 3. The maximum absolute atomic E-state index is 11.1. The van der Waals surface area contributed by atoms with E-state index < -0.39 is 12.1 Å². The maximum atomic E-state index is 11.1. The molecule has 1 aromatic rings. The van der Waals surface area contributed by atoms with Gasteiger partial charge in [-0.25, -0.2) is 4.79 Å². The number of benzene rings is 1. The average molecular weight is 266 g/mol. The van der Waals surface area contributed by atoms with Gasteiger partial charge in [0.1, 0.15) is 11.5 Å². The van der Waals surface area contributed by atoms with Crippen LogP contribution in [0.4, 0.5) is 0 Å². The van der Waals surface area contributed by atoms with Gasteiger partial charge in [-0.1, -0.05) is 26.2 Å². The highest BCUT2D eigenvalue weighted by atomic mass is 16.5. The number of methoxy groups -OCH3 is 1. The van der Waals surface area contributed by atoms with Crippen LogP contribution in [-0.2, 0) is 4.79 Å². The summed E-state index contributed by atoms with van der Waals surface area (Å²) in [4.78, 5) is 11.1. The van der Waals surface area contributed by atoms with Crippen LogP contribution >= 0.6 is 0 Å². The highest BCUT2D eigenvalue weighted by Gasteiger charge is 2.18. The fraction of sp³-hybridized carbons (Fsp3) is 0.533. The number of ether oxygens (including phenoxy) is 2. The summed E-state index contributed by atoms with van der Waals surface area (Å²) in [7, 11) is 1.59. The number of carboxylic acids is 1. The molecule has 0 aromatic heterocycles. The SMILES string of the molecule is CCCCCCC(Oc1ccc(OC)cc1)C(=O)O. The molecule has 0 aliphatic heterocycles. The molecule has 0 saturated carbocycles. The quantitative estimate of drug-likeness (QED) is 0.695. The van der Waals surface area contributed by atoms with Gasteiger partial charge in [-0.15, -0.1) is 0 Å². The van der Waals surface area contributed by atoms with Gasteiger partial charge in [-0.2, -0.15) is 0 Å². The Morgan fingerprint density at radius 1 is 1.16 bits per heavy atom. The highest BCUT2D eigenvalue weighted by Crippen LogP contribution is 2.20. The molecule has 0 aliphatic rings. The third-order valence-electron chi connectivity index (χ3n) is 2.93. The monoisotopic (exact) mass is 266 g/mol. The van der Waals surface area contributed by atoms with E-state index in [2.05, 4.69) is 6.92 Å². The van der Waals surface area contributed by atoms with Gasteiger partial charge < -0.3 is 14.6 Å². The van der Waals surface area contributed by atoms with Crippen molar-refractivity contribution >= 4 is 5.97 Å². The van der Waals surface area contributed by atoms with E-state index in [0.29, 0.717) is 12.2 Å². The second-order valence-corrected chi connectivity index (χ2v) is 4.47. The Labute approximate surface area is 114 Å². The van der Waals surface area contributed by atoms with E-state index in [9.17, 15) is 4.79 Å². The molecule has 106 valence electrons. The summed E-state index contributed by atoms with van der Waals surface area (Å²) < 4.78 is 10.5. The molecule has 0 heterocycles. The number of aliphatic carboxylic acids is 1. The predicted molar refractivity (Wildman–Crippen MR) is 73.8 cm³/mol. The van der Waals surface area contributed by atoms with Crippen molar-refractivity contribution in [3.63, 3.8) is 0 Å². The zero-order valence-corrected chi connectivity index (χ0v) is 11.6. The molecule has 1 unspecified atom stereocenters. The van der Waals surface area contributed by atoms with Crippen molar-refractivity contribution in [1.29, 1.82) is 0 Å². The second kappa shape index (κ2) is 8.40. The maximum Gasteiger partial charge on any atom is 0.344 e. The van der Waals surface area contributed by atoms with Crippen molar-refractivity contribution in [3.05, 3.63) is 24.3 Å². The molecule has 19 heavy (non-hydrogen) atoms. The summed E-state index contributed by atoms with van der Waals surface area (Å²) in [5.41, 5.74) is 0. The highest BCUT2D eigenvalue weighted by molar-refractivity contribution is 5.72. The molecule has 0 amide bonds. The van der Waals surface area contributed by atoms with Crippen molar-refractivity contribution in [1.82, 2.24) is 0 Å². The van der Waals surface area contributed by atoms with E-state index in [1.54, 1.807) is 31.4 Å². The first-order chi connectivity index (χ1) is 9.17. The standard InChI is InChI=1S/C15H22O4/c1-3-4-5-6-7-14(15(16)17)19-13-10-8-12(18-2)9-11-13/h8-11,14H,3-7H2,1-2H3,(H,16,17). The van der Waals surface area contributed by atoms with E-state index in [1.807, 2.05) is 0 Å². The van der Waals surface area contributed by atoms with Crippen LogP contribution in [0.25, 0.3) is 0 Å². The van der Waals surface area contributed by atoms with Crippen LogP contribution in [0.3, 0.4) is 0 Å². The second-order valence-electron chi connectivity index (χ2n) is 4.47. The molecule has 0 spiro atoms. The Morgan fingerprint density at radius 3 is 2.32 bits per heavy atom. The zero-order chi connectivity index (χ0) is 14.1. The van der Waals surface area contributed by atoms with Crippen molar-refractivity contribution in [2.45, 2.75) is 45.1 Å². The minimum atomic E-state index is -0.910. The first kappa shape index (κ1) is 15.3. The number of hydrogen-bond donors (Lipinski definition) is 1. The molecule has 4 nitrogen and oxygen atoms in total. The zero-order valence-electron chi connectivity index (χ0n) is 11.6. The van der Waals surface area contributed by atoms with Crippen molar-refractivity contribution in [2.24, 2.45) is 0 Å². The Hall–Kier alpha value is -1.71. The van der Waals surface area contributed by atoms with E-state index in [4.69, 9.17) is 14.6 Å². The molecule has 1 aromatic carbocycles. The van der Waals surface area contributed by atoms with Gasteiger partial charge in [-0.05, 0) is 37.1 Å². The Kier molecular flexibility index (Phi) is 6.79. The van der Waals surface area contributed by atoms with E-state index in [1.165, 1.54) is 0 Å². The Balaban J connectivity index is 2.49. The smallest absolute Gasteiger partial charge is 0.344 e. The van der Waals surface area contributed by atoms with E-state index in [0.717, 1.165) is 31.4 Å². The van der Waals surface area contributed by atoms with Crippen LogP contribution in [0.15, 0.2) is 24.3 Å². The summed E-state index contributed by atoms with van der Waals surface area (Å²) in [6, 6.07) is 6.96. The third-order valence-corrected chi connectivity index (χ3v) is 2.93. The minimum Gasteiger partial charge on any atom is -0.497 e. The largest absolute Gasteiger partial charge is 0.497 e. The molecule has 0 bridgehead atoms. The van der Waals surface area contributed by atoms with Crippen molar-refractivity contribution in [2.75, 3.05) is 7.11 Å². The Morgan fingerprint density at radius 2 is 1.79 bits per heavy atom. The van der Waals surface area contributed by atoms with Crippen LogP contribution in [0, 0.1) is 0 Å². The number of carbonyl (C=O) groups is 1. The lowest BCUT2D eigenvalue weighted by Crippen LogP contribution is -2.26. The lowest BCUT2D eigenvalue weighted by molar-refractivity contribution is -0.145. The third kappa shape index (κ3) is 5.64. The summed E-state index contributed by atoms with van der Waals surface area (Å²) >= 11 is 0. The van der Waals surface area contributed by atoms with Crippen molar-refractivity contribution < 1.29 is 19.4 Å². The number of rotatable bonds is 9. The van der Waals surface area contributed by atoms with Crippen molar-refractivity contribution in [3.8, 4) is 11.5 Å². The minimum absolute atomic E-state index is 0.543. The van der Waals surface area contributed by atoms with Crippen LogP contribution in [0.1, 0.15) is 39.0 Å². The van der Waals surface area contributed by atoms with E-state index in [-0.39, 0.29) is 0 Å². The predicted octanol–water partition coefficient (Wildman–Crippen LogP) is 3.50. The lowest BCUT2D eigenvalue weighted by atomic mass is 10.1. The summed E-state index contributed by atoms with van der Waals surface area (Å²) in [5, 5.41) is 9.14. The van der Waals surface area contributed by atoms with Gasteiger partial charge in [0.15, 0.2) is 6.10 Å². The van der Waals surface area contributed by atoms with Crippen LogP contribution < -0.4 is 9.47 Å². The van der Waals surface area contributed by atoms with E-state index >= 15 is 0 Å². The summed E-state index contributed by atoms with van der Waals surface area (Å²) in [5.74, 6) is 0.373. The normalized spacial score (nSPS) is 11.9.